The van der Waals surface area contributed by atoms with Gasteiger partial charge in [-0.25, -0.2) is 4.79 Å². The van der Waals surface area contributed by atoms with Crippen LogP contribution in [0.5, 0.6) is 5.75 Å². The highest BCUT2D eigenvalue weighted by molar-refractivity contribution is 6.76. The van der Waals surface area contributed by atoms with Gasteiger partial charge in [-0.3, -0.25) is 0 Å². The summed E-state index contributed by atoms with van der Waals surface area (Å²) in [6.45, 7) is 7.36. The fourth-order valence-electron chi connectivity index (χ4n) is 1.76. The molecule has 0 radical (unpaired) electrons. The van der Waals surface area contributed by atoms with Crippen molar-refractivity contribution in [1.82, 2.24) is 0 Å². The van der Waals surface area contributed by atoms with Crippen molar-refractivity contribution < 1.29 is 19.0 Å². The molecule has 0 spiro atoms. The molecule has 0 N–H and O–H groups in total. The zero-order valence-corrected chi connectivity index (χ0v) is 13.9. The molecule has 0 aliphatic rings. The third-order valence-corrected chi connectivity index (χ3v) is 4.68. The molecule has 1 atom stereocenters. The van der Waals surface area contributed by atoms with Crippen LogP contribution >= 0.6 is 0 Å². The molecule has 0 heterocycles. The molecule has 0 fully saturated rings. The Morgan fingerprint density at radius 2 is 1.85 bits per heavy atom. The van der Waals surface area contributed by atoms with Gasteiger partial charge in [0, 0.05) is 20.2 Å². The Labute approximate surface area is 122 Å². The molecule has 0 aliphatic heterocycles. The first-order chi connectivity index (χ1) is 9.39. The van der Waals surface area contributed by atoms with Crippen LogP contribution in [-0.4, -0.2) is 34.9 Å². The minimum Gasteiger partial charge on any atom is -0.496 e. The lowest BCUT2D eigenvalue weighted by Crippen LogP contribution is -2.25. The van der Waals surface area contributed by atoms with Crippen molar-refractivity contribution in [1.29, 1.82) is 0 Å². The molecule has 0 bridgehead atoms. The maximum atomic E-state index is 11.9. The standard InChI is InChI=1S/C15H24O4Si/c1-17-13-9-7-6-8-12(13)14(15(16)18-2)19-10-11-20(3,4)5/h6-9,14H,10-11H2,1-5H3/t14-/m0/s1. The maximum absolute atomic E-state index is 11.9. The molecule has 0 aliphatic carbocycles. The molecule has 0 unspecified atom stereocenters. The molecule has 0 amide bonds. The van der Waals surface area contributed by atoms with Crippen LogP contribution in [0.4, 0.5) is 0 Å². The van der Waals surface area contributed by atoms with Crippen LogP contribution in [0.2, 0.25) is 25.7 Å². The minimum absolute atomic E-state index is 0.398. The van der Waals surface area contributed by atoms with E-state index in [1.165, 1.54) is 7.11 Å². The minimum atomic E-state index is -1.20. The van der Waals surface area contributed by atoms with Crippen molar-refractivity contribution in [3.05, 3.63) is 29.8 Å². The van der Waals surface area contributed by atoms with E-state index >= 15 is 0 Å². The molecule has 1 aromatic rings. The fraction of sp³-hybridized carbons (Fsp3) is 0.533. The number of para-hydroxylation sites is 1. The molecule has 20 heavy (non-hydrogen) atoms. The van der Waals surface area contributed by atoms with Crippen molar-refractivity contribution in [2.75, 3.05) is 20.8 Å². The van der Waals surface area contributed by atoms with E-state index in [0.29, 0.717) is 17.9 Å². The summed E-state index contributed by atoms with van der Waals surface area (Å²) in [4.78, 5) is 11.9. The maximum Gasteiger partial charge on any atom is 0.339 e. The number of benzene rings is 1. The Kier molecular flexibility index (Phi) is 6.23. The first kappa shape index (κ1) is 16.7. The summed E-state index contributed by atoms with van der Waals surface area (Å²) < 4.78 is 15.9. The van der Waals surface area contributed by atoms with Gasteiger partial charge in [0.15, 0.2) is 6.10 Å². The van der Waals surface area contributed by atoms with Crippen LogP contribution in [0.1, 0.15) is 11.7 Å². The average Bonchev–Trinajstić information content (AvgIpc) is 2.41. The van der Waals surface area contributed by atoms with Crippen LogP contribution in [0.3, 0.4) is 0 Å². The number of carbonyl (C=O) groups is 1. The predicted molar refractivity (Wildman–Crippen MR) is 81.9 cm³/mol. The Bertz CT molecular complexity index is 440. The lowest BCUT2D eigenvalue weighted by atomic mass is 10.1. The fourth-order valence-corrected chi connectivity index (χ4v) is 2.49. The van der Waals surface area contributed by atoms with Gasteiger partial charge in [0.2, 0.25) is 0 Å². The van der Waals surface area contributed by atoms with Gasteiger partial charge in [-0.1, -0.05) is 37.8 Å². The third-order valence-electron chi connectivity index (χ3n) is 2.97. The highest BCUT2D eigenvalue weighted by Gasteiger charge is 2.26. The largest absolute Gasteiger partial charge is 0.496 e. The highest BCUT2D eigenvalue weighted by atomic mass is 28.3. The van der Waals surface area contributed by atoms with Crippen LogP contribution in [-0.2, 0) is 14.3 Å². The Balaban J connectivity index is 2.87. The van der Waals surface area contributed by atoms with Crippen molar-refractivity contribution in [2.24, 2.45) is 0 Å². The van der Waals surface area contributed by atoms with Crippen LogP contribution in [0, 0.1) is 0 Å². The van der Waals surface area contributed by atoms with E-state index in [1.807, 2.05) is 24.3 Å². The number of methoxy groups -OCH3 is 2. The zero-order chi connectivity index (χ0) is 15.2. The normalized spacial score (nSPS) is 12.8. The topological polar surface area (TPSA) is 44.8 Å². The first-order valence-electron chi connectivity index (χ1n) is 6.71. The molecule has 5 heteroatoms. The molecule has 1 aromatic carbocycles. The quantitative estimate of drug-likeness (QED) is 0.572. The third kappa shape index (κ3) is 4.98. The summed E-state index contributed by atoms with van der Waals surface area (Å²) in [7, 11) is 1.75. The van der Waals surface area contributed by atoms with Crippen molar-refractivity contribution in [2.45, 2.75) is 31.8 Å². The van der Waals surface area contributed by atoms with Gasteiger partial charge in [0.1, 0.15) is 5.75 Å². The van der Waals surface area contributed by atoms with Gasteiger partial charge in [-0.15, -0.1) is 0 Å². The summed E-state index contributed by atoms with van der Waals surface area (Å²) in [5.41, 5.74) is 0.706. The smallest absolute Gasteiger partial charge is 0.339 e. The van der Waals surface area contributed by atoms with Gasteiger partial charge < -0.3 is 14.2 Å². The Morgan fingerprint density at radius 1 is 1.20 bits per heavy atom. The van der Waals surface area contributed by atoms with Crippen LogP contribution in [0.25, 0.3) is 0 Å². The highest BCUT2D eigenvalue weighted by Crippen LogP contribution is 2.29. The second kappa shape index (κ2) is 7.45. The Morgan fingerprint density at radius 3 is 2.40 bits per heavy atom. The number of carbonyl (C=O) groups excluding carboxylic acids is 1. The summed E-state index contributed by atoms with van der Waals surface area (Å²) in [5.74, 6) is 0.237. The molecular formula is C15H24O4Si. The number of hydrogen-bond donors (Lipinski definition) is 0. The van der Waals surface area contributed by atoms with Crippen molar-refractivity contribution in [3.63, 3.8) is 0 Å². The Hall–Kier alpha value is -1.33. The van der Waals surface area contributed by atoms with Gasteiger partial charge in [0.05, 0.1) is 14.2 Å². The molecule has 0 aromatic heterocycles. The van der Waals surface area contributed by atoms with E-state index in [0.717, 1.165) is 6.04 Å². The van der Waals surface area contributed by atoms with Gasteiger partial charge in [-0.05, 0) is 12.1 Å². The number of esters is 1. The van der Waals surface area contributed by atoms with Gasteiger partial charge in [0.25, 0.3) is 0 Å². The number of rotatable bonds is 7. The first-order valence-corrected chi connectivity index (χ1v) is 10.4. The van der Waals surface area contributed by atoms with Gasteiger partial charge >= 0.3 is 5.97 Å². The van der Waals surface area contributed by atoms with E-state index in [4.69, 9.17) is 14.2 Å². The molecule has 1 rings (SSSR count). The second-order valence-corrected chi connectivity index (χ2v) is 11.4. The van der Waals surface area contributed by atoms with E-state index in [1.54, 1.807) is 7.11 Å². The van der Waals surface area contributed by atoms with E-state index in [9.17, 15) is 4.79 Å². The number of hydrogen-bond acceptors (Lipinski definition) is 4. The zero-order valence-electron chi connectivity index (χ0n) is 12.9. The van der Waals surface area contributed by atoms with E-state index in [2.05, 4.69) is 19.6 Å². The molecule has 0 saturated heterocycles. The van der Waals surface area contributed by atoms with E-state index < -0.39 is 20.1 Å². The van der Waals surface area contributed by atoms with Crippen molar-refractivity contribution in [3.8, 4) is 5.75 Å². The van der Waals surface area contributed by atoms with Crippen LogP contribution < -0.4 is 4.74 Å². The SMILES string of the molecule is COC(=O)[C@@H](OCC[Si](C)(C)C)c1ccccc1OC. The lowest BCUT2D eigenvalue weighted by molar-refractivity contribution is -0.154. The summed E-state index contributed by atoms with van der Waals surface area (Å²) in [6, 6.07) is 8.35. The summed E-state index contributed by atoms with van der Waals surface area (Å²) in [5, 5.41) is 0. The number of ether oxygens (including phenoxy) is 3. The second-order valence-electron chi connectivity index (χ2n) is 5.83. The lowest BCUT2D eigenvalue weighted by Gasteiger charge is -2.21. The van der Waals surface area contributed by atoms with Crippen molar-refractivity contribution >= 4 is 14.0 Å². The summed E-state index contributed by atoms with van der Waals surface area (Å²) >= 11 is 0. The average molecular weight is 296 g/mol. The predicted octanol–water partition coefficient (Wildman–Crippen LogP) is 3.26. The molecule has 0 saturated carbocycles. The molecule has 4 nitrogen and oxygen atoms in total. The van der Waals surface area contributed by atoms with Gasteiger partial charge in [-0.2, -0.15) is 0 Å². The van der Waals surface area contributed by atoms with E-state index in [-0.39, 0.29) is 0 Å². The summed E-state index contributed by atoms with van der Waals surface area (Å²) in [6.07, 6.45) is -0.729. The monoisotopic (exact) mass is 296 g/mol. The molecular weight excluding hydrogens is 272 g/mol. The molecule has 112 valence electrons. The van der Waals surface area contributed by atoms with Crippen LogP contribution in [0.15, 0.2) is 24.3 Å².